The number of unbranched alkanes of at least 4 members (excludes halogenated alkanes) is 3. The zero-order valence-electron chi connectivity index (χ0n) is 75.0. The van der Waals surface area contributed by atoms with Gasteiger partial charge in [-0.15, -0.1) is 0 Å². The van der Waals surface area contributed by atoms with Gasteiger partial charge in [0, 0.05) is 135 Å². The Bertz CT molecular complexity index is 3990. The fraction of sp³-hybridized carbons (Fsp3) is 0.543. The molecule has 3 radical (unpaired) electrons. The summed E-state index contributed by atoms with van der Waals surface area (Å²) in [6.45, 7) is 66.0. The van der Waals surface area contributed by atoms with E-state index in [1.807, 2.05) is 88.0 Å². The normalized spacial score (nSPS) is 10.8. The molecule has 0 spiro atoms. The molecule has 0 unspecified atom stereocenters. The standard InChI is InChI=1S/2C26H42N6O6.C18H26N6O6.C2HF3O.9CO.3Tc/c2*1-25(2,3)37-22(33)17-31-13-10-28-20(31)15-30(12-8-7-9-19(27)24(35)36)16-21-29-11-14-32(21)18-23(34)38-26(4,5)6;19-13(18(29)30)3-1-2-6-22(9-14-20-4-7-23(14)11-16(25)26)10-15-21-5-8-24(15)12-17(27)28;3-2(4,5)1-6;9*1-2;;;/h2*10-11,13-14,19H,7-9,12,15-18,27H2,1-6H3,(H,35,36);4-5,7-8,13H,1-3,6,9-12,19H2,(H,25,26)(H,27,28)(H,29,30);1H;;;;;;;;;;;;/t2*19-;13-;;;;;;;;;;;;;/m000............./s1. The number of hydrogen-bond donors (Lipinski definition) is 8. The second-order valence-electron chi connectivity index (χ2n) is 30.1. The summed E-state index contributed by atoms with van der Waals surface area (Å²) >= 11 is 0. The molecule has 0 aliphatic heterocycles. The summed E-state index contributed by atoms with van der Waals surface area (Å²) in [6, 6.07) is -2.71. The van der Waals surface area contributed by atoms with Crippen molar-refractivity contribution in [2.24, 2.45) is 17.2 Å². The Labute approximate surface area is 807 Å². The van der Waals surface area contributed by atoms with Gasteiger partial charge >= 0.3 is 162 Å². The van der Waals surface area contributed by atoms with Gasteiger partial charge in [-0.25, -0.2) is 29.9 Å². The number of aldehydes is 1. The van der Waals surface area contributed by atoms with Gasteiger partial charge in [-0.2, -0.15) is 13.2 Å². The number of carboxylic acid groups (broad SMARTS) is 5. The fourth-order valence-electron chi connectivity index (χ4n) is 10.5. The maximum Gasteiger partial charge on any atom is 0 e. The van der Waals surface area contributed by atoms with Gasteiger partial charge in [-0.05, 0) is 141 Å². The predicted octanol–water partition coefficient (Wildman–Crippen LogP) is 4.93. The smallest absolute Gasteiger partial charge is 0 e. The molecule has 3 atom stereocenters. The van der Waals surface area contributed by atoms with E-state index in [1.165, 1.54) is 21.5 Å². The van der Waals surface area contributed by atoms with Crippen molar-refractivity contribution in [2.75, 3.05) is 19.6 Å². The third-order valence-electron chi connectivity index (χ3n) is 15.3. The van der Waals surface area contributed by atoms with Crippen LogP contribution in [0.5, 0.6) is 0 Å². The number of nitrogens with two attached hydrogens (primary N) is 3. The quantitative estimate of drug-likeness (QED) is 0.00629. The number of alkyl halides is 3. The molecule has 6 rings (SSSR count). The number of hydrogen-bond acceptors (Lipinski definition) is 26. The molecule has 0 aliphatic rings. The molecule has 11 N–H and O–H groups in total. The number of carbonyl (C=O) groups excluding carboxylic acids is 5. The van der Waals surface area contributed by atoms with Crippen molar-refractivity contribution in [1.82, 2.24) is 72.0 Å². The van der Waals surface area contributed by atoms with Crippen LogP contribution >= 0.6 is 0 Å². The molecule has 0 fully saturated rings. The van der Waals surface area contributed by atoms with Crippen LogP contribution in [0.25, 0.3) is 0 Å². The molecule has 0 aromatic carbocycles. The van der Waals surface area contributed by atoms with Crippen molar-refractivity contribution in [3.8, 4) is 0 Å². The SMILES string of the molecule is CC(C)(C)OC(=O)Cn1ccnc1CN(CCCC[C@H](N)C(=O)O)Cc1nccn1CC(=O)OC(C)(C)C.CC(C)(C)OC(=O)Cn1ccnc1CN(CCCC[C@H](N)C(=O)O)Cc1nccn1CC(=O)OC(C)(C)C.N[C@@H](CCCCN(Cc1nccn1CC(=O)O)Cc1nccn1CC(=O)O)C(=O)O.O=CC(F)(F)F.[C-]#[O+].[C-]#[O+].[C-]#[O+].[C-]#[O+].[C-]#[O+].[C-]#[O+].[C-]#[O+].[C-]#[O+].[C-]#[O+].[Tc].[Tc].[Tc]. The van der Waals surface area contributed by atoms with Gasteiger partial charge < -0.3 is 89.1 Å². The van der Waals surface area contributed by atoms with Crippen LogP contribution in [0.15, 0.2) is 74.4 Å². The summed E-state index contributed by atoms with van der Waals surface area (Å²) in [4.78, 5) is 146. The van der Waals surface area contributed by atoms with Crippen LogP contribution in [0, 0.1) is 59.9 Å². The number of aromatic nitrogens is 12. The van der Waals surface area contributed by atoms with Crippen molar-refractivity contribution in [2.45, 2.75) is 266 Å². The first kappa shape index (κ1) is 143. The Morgan fingerprint density at radius 1 is 0.338 bits per heavy atom. The number of ether oxygens (including phenoxy) is 4. The molecule has 0 amide bonds. The van der Waals surface area contributed by atoms with Gasteiger partial charge in [0.05, 0.1) is 39.3 Å². The summed E-state index contributed by atoms with van der Waals surface area (Å²) in [7, 11) is 0. The number of nitrogens with zero attached hydrogens (tertiary/aromatic N) is 15. The largest absolute Gasteiger partial charge is 0 e. The Morgan fingerprint density at radius 2 is 0.489 bits per heavy atom. The number of esters is 4. The van der Waals surface area contributed by atoms with Crippen LogP contribution in [-0.2, 0) is 248 Å². The summed E-state index contributed by atoms with van der Waals surface area (Å²) in [6.07, 6.45) is 18.9. The maximum absolute atomic E-state index is 12.4. The van der Waals surface area contributed by atoms with Crippen molar-refractivity contribution in [3.05, 3.63) is 169 Å². The monoisotopic (exact) mass is 2130 g/mol. The molecule has 46 nitrogen and oxygen atoms in total. The maximum atomic E-state index is 12.4. The molecule has 6 aromatic rings. The van der Waals surface area contributed by atoms with E-state index in [9.17, 15) is 56.3 Å². The third kappa shape index (κ3) is 73.5. The molecule has 0 saturated carbocycles. The van der Waals surface area contributed by atoms with Gasteiger partial charge in [0.25, 0.3) is 0 Å². The molecule has 0 bridgehead atoms. The Kier molecular flexibility index (Phi) is 86.8. The summed E-state index contributed by atoms with van der Waals surface area (Å²) < 4.78 is 131. The summed E-state index contributed by atoms with van der Waals surface area (Å²) in [5.74, 6) is -2.72. The molecule has 6 aromatic heterocycles. The summed E-state index contributed by atoms with van der Waals surface area (Å²) in [5, 5.41) is 45.1. The average Bonchev–Trinajstić information content (AvgIpc) is 1.73. The Balaban J connectivity index is -0.000000189. The first-order chi connectivity index (χ1) is 61.1. The average molecular weight is 2140 g/mol. The minimum atomic E-state index is -4.64. The molecule has 6 heterocycles. The van der Waals surface area contributed by atoms with E-state index in [2.05, 4.69) is 99.6 Å². The second-order valence-corrected chi connectivity index (χ2v) is 30.1. The minimum absolute atomic E-state index is 0. The van der Waals surface area contributed by atoms with E-state index in [-0.39, 0.29) is 123 Å². The van der Waals surface area contributed by atoms with Crippen LogP contribution in [-0.4, -0.2) is 224 Å². The van der Waals surface area contributed by atoms with Crippen LogP contribution in [0.4, 0.5) is 13.2 Å². The zero-order chi connectivity index (χ0) is 102. The number of halogens is 3. The van der Waals surface area contributed by atoms with E-state index in [0.717, 1.165) is 0 Å². The van der Waals surface area contributed by atoms with Crippen LogP contribution in [0.1, 0.15) is 176 Å². The fourth-order valence-corrected chi connectivity index (χ4v) is 10.5. The van der Waals surface area contributed by atoms with E-state index in [4.69, 9.17) is 108 Å². The van der Waals surface area contributed by atoms with Gasteiger partial charge in [-0.3, -0.25) is 62.6 Å². The summed E-state index contributed by atoms with van der Waals surface area (Å²) in [5.41, 5.74) is 14.5. The van der Waals surface area contributed by atoms with Crippen LogP contribution < -0.4 is 17.2 Å². The Morgan fingerprint density at radius 3 is 0.617 bits per heavy atom. The van der Waals surface area contributed by atoms with Crippen molar-refractivity contribution < 1.29 is 208 Å². The first-order valence-electron chi connectivity index (χ1n) is 37.9. The van der Waals surface area contributed by atoms with Crippen molar-refractivity contribution >= 4 is 60.0 Å². The second kappa shape index (κ2) is 80.9. The third-order valence-corrected chi connectivity index (χ3v) is 15.3. The van der Waals surface area contributed by atoms with Gasteiger partial charge in [0.15, 0.2) is 0 Å². The molecule has 133 heavy (non-hydrogen) atoms. The Hall–Kier alpha value is -10.7. The van der Waals surface area contributed by atoms with Gasteiger partial charge in [0.2, 0.25) is 6.29 Å². The van der Waals surface area contributed by atoms with E-state index in [0.29, 0.717) is 152 Å². The topological polar surface area (TPSA) is 683 Å². The van der Waals surface area contributed by atoms with Crippen molar-refractivity contribution in [1.29, 1.82) is 0 Å². The predicted molar refractivity (Wildman–Crippen MR) is 430 cm³/mol. The molecule has 0 aliphatic carbocycles. The minimum Gasteiger partial charge on any atom is 0 e. The molecule has 735 valence electrons. The van der Waals surface area contributed by atoms with Crippen molar-refractivity contribution in [3.63, 3.8) is 0 Å². The number of imidazole rings is 6. The number of rotatable bonds is 42. The first-order valence-corrected chi connectivity index (χ1v) is 37.9. The van der Waals surface area contributed by atoms with Gasteiger partial charge in [0.1, 0.15) is 115 Å². The molecule has 52 heteroatoms. The number of aliphatic carboxylic acids is 5. The van der Waals surface area contributed by atoms with Crippen LogP contribution in [0.3, 0.4) is 0 Å². The molecular formula is C81H111F3N18O28Tc3. The molecule has 0 saturated heterocycles. The number of carboxylic acids is 5. The van der Waals surface area contributed by atoms with E-state index in [1.54, 1.807) is 80.2 Å². The van der Waals surface area contributed by atoms with Gasteiger partial charge in [-0.1, -0.05) is 19.3 Å². The molecular weight excluding hydrogens is 2020 g/mol. The zero-order valence-corrected chi connectivity index (χ0v) is 80.6. The van der Waals surface area contributed by atoms with E-state index >= 15 is 0 Å². The number of carbonyl (C=O) groups is 10. The van der Waals surface area contributed by atoms with Crippen LogP contribution in [0.2, 0.25) is 0 Å². The van der Waals surface area contributed by atoms with E-state index < -0.39 is 82.8 Å².